The van der Waals surface area contributed by atoms with Gasteiger partial charge >= 0.3 is 0 Å². The zero-order valence-corrected chi connectivity index (χ0v) is 12.7. The maximum Gasteiger partial charge on any atom is 0.260 e. The van der Waals surface area contributed by atoms with E-state index in [-0.39, 0.29) is 11.1 Å². The van der Waals surface area contributed by atoms with Gasteiger partial charge in [0.2, 0.25) is 0 Å². The number of sulfonamides is 1. The standard InChI is InChI=1S/C13H15ClN4O2S/c14-11-3-1-2-10(6-11)12-7-15-4-5-18(12)21(19,20)13-8-16-9-17-13/h1-3,6,8-9,12,15H,4-5,7H2,(H,16,17)/t12-/m0/s1. The van der Waals surface area contributed by atoms with Crippen molar-refractivity contribution in [2.45, 2.75) is 11.1 Å². The summed E-state index contributed by atoms with van der Waals surface area (Å²) in [6.07, 6.45) is 2.69. The van der Waals surface area contributed by atoms with Gasteiger partial charge in [0.25, 0.3) is 10.0 Å². The Hall–Kier alpha value is -1.41. The first-order chi connectivity index (χ1) is 10.1. The Balaban J connectivity index is 1.99. The van der Waals surface area contributed by atoms with Crippen LogP contribution in [0.4, 0.5) is 0 Å². The number of aromatic nitrogens is 2. The molecule has 2 heterocycles. The van der Waals surface area contributed by atoms with Crippen molar-refractivity contribution in [2.24, 2.45) is 0 Å². The van der Waals surface area contributed by atoms with Crippen LogP contribution in [0.3, 0.4) is 0 Å². The third-order valence-electron chi connectivity index (χ3n) is 3.49. The van der Waals surface area contributed by atoms with E-state index in [1.165, 1.54) is 16.8 Å². The number of hydrogen-bond acceptors (Lipinski definition) is 4. The molecular formula is C13H15ClN4O2S. The SMILES string of the molecule is O=S(=O)(c1cnc[nH]1)N1CCNC[C@H]1c1cccc(Cl)c1. The van der Waals surface area contributed by atoms with Crippen LogP contribution in [0.5, 0.6) is 0 Å². The van der Waals surface area contributed by atoms with Gasteiger partial charge in [-0.2, -0.15) is 4.31 Å². The summed E-state index contributed by atoms with van der Waals surface area (Å²) in [4.78, 5) is 6.47. The molecule has 21 heavy (non-hydrogen) atoms. The Labute approximate surface area is 128 Å². The molecule has 112 valence electrons. The predicted molar refractivity (Wildman–Crippen MR) is 79.5 cm³/mol. The van der Waals surface area contributed by atoms with Crippen LogP contribution in [-0.2, 0) is 10.0 Å². The molecule has 1 saturated heterocycles. The number of aromatic amines is 1. The van der Waals surface area contributed by atoms with E-state index in [9.17, 15) is 8.42 Å². The van der Waals surface area contributed by atoms with Gasteiger partial charge in [-0.05, 0) is 17.7 Å². The van der Waals surface area contributed by atoms with E-state index in [1.807, 2.05) is 12.1 Å². The average molecular weight is 327 g/mol. The molecular weight excluding hydrogens is 312 g/mol. The topological polar surface area (TPSA) is 78.1 Å². The van der Waals surface area contributed by atoms with Gasteiger partial charge in [-0.25, -0.2) is 13.4 Å². The molecule has 1 aliphatic heterocycles. The number of nitrogens with one attached hydrogen (secondary N) is 2. The average Bonchev–Trinajstić information content (AvgIpc) is 3.02. The highest BCUT2D eigenvalue weighted by Gasteiger charge is 2.35. The predicted octanol–water partition coefficient (Wildman–Crippen LogP) is 1.40. The Bertz CT molecular complexity index is 718. The summed E-state index contributed by atoms with van der Waals surface area (Å²) >= 11 is 6.02. The fourth-order valence-corrected chi connectivity index (χ4v) is 4.19. The second-order valence-corrected chi connectivity index (χ2v) is 7.10. The lowest BCUT2D eigenvalue weighted by Gasteiger charge is -2.35. The quantitative estimate of drug-likeness (QED) is 0.893. The zero-order valence-electron chi connectivity index (χ0n) is 11.2. The van der Waals surface area contributed by atoms with Gasteiger partial charge in [0.05, 0.1) is 18.6 Å². The Morgan fingerprint density at radius 3 is 2.95 bits per heavy atom. The van der Waals surface area contributed by atoms with Crippen LogP contribution in [0.15, 0.2) is 41.8 Å². The number of piperazine rings is 1. The lowest BCUT2D eigenvalue weighted by molar-refractivity contribution is 0.271. The summed E-state index contributed by atoms with van der Waals surface area (Å²) in [7, 11) is -3.60. The van der Waals surface area contributed by atoms with Crippen LogP contribution in [-0.4, -0.2) is 42.3 Å². The number of hydrogen-bond donors (Lipinski definition) is 2. The Kier molecular flexibility index (Phi) is 3.99. The van der Waals surface area contributed by atoms with Crippen LogP contribution in [0.25, 0.3) is 0 Å². The van der Waals surface area contributed by atoms with Gasteiger partial charge in [-0.1, -0.05) is 23.7 Å². The molecule has 0 radical (unpaired) electrons. The van der Waals surface area contributed by atoms with Crippen LogP contribution in [0, 0.1) is 0 Å². The van der Waals surface area contributed by atoms with Crippen LogP contribution in [0.2, 0.25) is 5.02 Å². The molecule has 0 saturated carbocycles. The maximum atomic E-state index is 12.7. The first kappa shape index (κ1) is 14.5. The number of imidazole rings is 1. The van der Waals surface area contributed by atoms with Crippen LogP contribution >= 0.6 is 11.6 Å². The molecule has 1 fully saturated rings. The molecule has 6 nitrogen and oxygen atoms in total. The third kappa shape index (κ3) is 2.82. The summed E-state index contributed by atoms with van der Waals surface area (Å²) in [5, 5.41) is 3.93. The molecule has 0 aliphatic carbocycles. The molecule has 0 bridgehead atoms. The highest BCUT2D eigenvalue weighted by atomic mass is 35.5. The molecule has 2 N–H and O–H groups in total. The molecule has 0 unspecified atom stereocenters. The van der Waals surface area contributed by atoms with Crippen molar-refractivity contribution in [1.29, 1.82) is 0 Å². The summed E-state index contributed by atoms with van der Waals surface area (Å²) in [6, 6.07) is 7.00. The fraction of sp³-hybridized carbons (Fsp3) is 0.308. The van der Waals surface area contributed by atoms with E-state index in [2.05, 4.69) is 15.3 Å². The number of halogens is 1. The summed E-state index contributed by atoms with van der Waals surface area (Å²) < 4.78 is 26.9. The van der Waals surface area contributed by atoms with Crippen molar-refractivity contribution in [3.8, 4) is 0 Å². The van der Waals surface area contributed by atoms with Gasteiger partial charge in [0.1, 0.15) is 0 Å². The first-order valence-corrected chi connectivity index (χ1v) is 8.37. The highest BCUT2D eigenvalue weighted by Crippen LogP contribution is 2.29. The summed E-state index contributed by atoms with van der Waals surface area (Å²) in [5.74, 6) is 0. The lowest BCUT2D eigenvalue weighted by atomic mass is 10.1. The smallest absolute Gasteiger partial charge is 0.260 e. The van der Waals surface area contributed by atoms with Gasteiger partial charge in [0, 0.05) is 24.7 Å². The highest BCUT2D eigenvalue weighted by molar-refractivity contribution is 7.89. The largest absolute Gasteiger partial charge is 0.335 e. The van der Waals surface area contributed by atoms with E-state index >= 15 is 0 Å². The summed E-state index contributed by atoms with van der Waals surface area (Å²) in [6.45, 7) is 1.57. The zero-order chi connectivity index (χ0) is 14.9. The Morgan fingerprint density at radius 2 is 2.24 bits per heavy atom. The third-order valence-corrected chi connectivity index (χ3v) is 5.56. The summed E-state index contributed by atoms with van der Waals surface area (Å²) in [5.41, 5.74) is 0.873. The second-order valence-electron chi connectivity index (χ2n) is 4.81. The van der Waals surface area contributed by atoms with Crippen molar-refractivity contribution in [1.82, 2.24) is 19.6 Å². The molecule has 8 heteroatoms. The van der Waals surface area contributed by atoms with Crippen LogP contribution in [0.1, 0.15) is 11.6 Å². The molecule has 0 amide bonds. The molecule has 1 atom stereocenters. The van der Waals surface area contributed by atoms with Crippen molar-refractivity contribution < 1.29 is 8.42 Å². The monoisotopic (exact) mass is 326 g/mol. The first-order valence-electron chi connectivity index (χ1n) is 6.55. The van der Waals surface area contributed by atoms with Crippen molar-refractivity contribution in [3.63, 3.8) is 0 Å². The number of H-pyrrole nitrogens is 1. The lowest BCUT2D eigenvalue weighted by Crippen LogP contribution is -2.48. The van der Waals surface area contributed by atoms with E-state index < -0.39 is 10.0 Å². The van der Waals surface area contributed by atoms with Crippen molar-refractivity contribution in [3.05, 3.63) is 47.4 Å². The Morgan fingerprint density at radius 1 is 1.38 bits per heavy atom. The number of benzene rings is 1. The number of nitrogens with zero attached hydrogens (tertiary/aromatic N) is 2. The van der Waals surface area contributed by atoms with Crippen molar-refractivity contribution >= 4 is 21.6 Å². The van der Waals surface area contributed by atoms with Gasteiger partial charge < -0.3 is 10.3 Å². The van der Waals surface area contributed by atoms with Gasteiger partial charge in [-0.15, -0.1) is 0 Å². The van der Waals surface area contributed by atoms with Gasteiger partial charge in [-0.3, -0.25) is 0 Å². The van der Waals surface area contributed by atoms with E-state index in [4.69, 9.17) is 11.6 Å². The molecule has 0 spiro atoms. The second kappa shape index (κ2) is 5.76. The molecule has 1 aromatic carbocycles. The minimum Gasteiger partial charge on any atom is -0.335 e. The minimum atomic E-state index is -3.60. The van der Waals surface area contributed by atoms with E-state index in [1.54, 1.807) is 12.1 Å². The molecule has 3 rings (SSSR count). The molecule has 2 aromatic rings. The molecule has 1 aliphatic rings. The van der Waals surface area contributed by atoms with Gasteiger partial charge in [0.15, 0.2) is 5.03 Å². The fourth-order valence-electron chi connectivity index (χ4n) is 2.48. The van der Waals surface area contributed by atoms with Crippen molar-refractivity contribution in [2.75, 3.05) is 19.6 Å². The minimum absolute atomic E-state index is 0.108. The van der Waals surface area contributed by atoms with E-state index in [0.29, 0.717) is 24.7 Å². The van der Waals surface area contributed by atoms with E-state index in [0.717, 1.165) is 5.56 Å². The normalized spacial score (nSPS) is 20.5. The molecule has 1 aromatic heterocycles. The maximum absolute atomic E-state index is 12.7. The number of rotatable bonds is 3. The van der Waals surface area contributed by atoms with Crippen LogP contribution < -0.4 is 5.32 Å².